The molecule has 3 aliphatic heterocycles. The van der Waals surface area contributed by atoms with E-state index < -0.39 is 10.0 Å². The number of nitrogens with zero attached hydrogens (tertiary/aromatic N) is 3. The molecule has 0 aliphatic carbocycles. The number of hydrogen-bond donors (Lipinski definition) is 1. The lowest BCUT2D eigenvalue weighted by Gasteiger charge is -2.34. The first-order valence-corrected chi connectivity index (χ1v) is 9.08. The number of carbonyl (C=O) groups excluding carboxylic acids is 1. The summed E-state index contributed by atoms with van der Waals surface area (Å²) in [6.07, 6.45) is 6.94. The van der Waals surface area contributed by atoms with Crippen molar-refractivity contribution in [3.63, 3.8) is 0 Å². The summed E-state index contributed by atoms with van der Waals surface area (Å²) in [5.74, 6) is 0.540. The Morgan fingerprint density at radius 2 is 2.00 bits per heavy atom. The summed E-state index contributed by atoms with van der Waals surface area (Å²) in [5.41, 5.74) is 6.03. The number of fused-ring (bicyclic) bond motifs is 1. The van der Waals surface area contributed by atoms with Gasteiger partial charge in [0.05, 0.1) is 11.3 Å². The van der Waals surface area contributed by atoms with Gasteiger partial charge in [0.15, 0.2) is 5.84 Å². The molecule has 3 heterocycles. The van der Waals surface area contributed by atoms with E-state index in [1.165, 1.54) is 0 Å². The molecule has 1 saturated heterocycles. The van der Waals surface area contributed by atoms with Crippen LogP contribution >= 0.6 is 12.4 Å². The molecule has 2 N–H and O–H groups in total. The van der Waals surface area contributed by atoms with Gasteiger partial charge in [0.25, 0.3) is 15.9 Å². The molecule has 0 aromatic carbocycles. The van der Waals surface area contributed by atoms with Gasteiger partial charge in [-0.2, -0.15) is 0 Å². The van der Waals surface area contributed by atoms with Crippen molar-refractivity contribution in [2.24, 2.45) is 16.0 Å². The zero-order chi connectivity index (χ0) is 15.7. The Morgan fingerprint density at radius 1 is 1.30 bits per heavy atom. The summed E-state index contributed by atoms with van der Waals surface area (Å²) in [6.45, 7) is 2.29. The van der Waals surface area contributed by atoms with E-state index in [0.29, 0.717) is 37.7 Å². The SMILES string of the molecule is Cl.NCC1CCN(C(=O)C2=CC=CN3CCS(=O)(=O)N=C23)CC1. The summed E-state index contributed by atoms with van der Waals surface area (Å²) in [4.78, 5) is 16.2. The Morgan fingerprint density at radius 3 is 2.65 bits per heavy atom. The molecule has 0 aromatic heterocycles. The molecule has 23 heavy (non-hydrogen) atoms. The topological polar surface area (TPSA) is 96.1 Å². The van der Waals surface area contributed by atoms with E-state index in [0.717, 1.165) is 12.8 Å². The second-order valence-corrected chi connectivity index (χ2v) is 7.54. The number of rotatable bonds is 2. The molecule has 9 heteroatoms. The van der Waals surface area contributed by atoms with Crippen LogP contribution in [0, 0.1) is 5.92 Å². The van der Waals surface area contributed by atoms with Crippen LogP contribution in [0.1, 0.15) is 12.8 Å². The van der Waals surface area contributed by atoms with E-state index in [4.69, 9.17) is 5.73 Å². The van der Waals surface area contributed by atoms with Gasteiger partial charge in [-0.25, -0.2) is 8.42 Å². The van der Waals surface area contributed by atoms with Crippen LogP contribution in [0.4, 0.5) is 0 Å². The molecule has 0 unspecified atom stereocenters. The van der Waals surface area contributed by atoms with Crippen LogP contribution < -0.4 is 5.73 Å². The van der Waals surface area contributed by atoms with E-state index in [2.05, 4.69) is 4.40 Å². The smallest absolute Gasteiger partial charge is 0.257 e. The van der Waals surface area contributed by atoms with Gasteiger partial charge in [-0.3, -0.25) is 4.79 Å². The van der Waals surface area contributed by atoms with E-state index in [1.54, 1.807) is 28.2 Å². The van der Waals surface area contributed by atoms with Crippen LogP contribution in [0.15, 0.2) is 28.3 Å². The first-order chi connectivity index (χ1) is 10.5. The number of amidine groups is 1. The average Bonchev–Trinajstić information content (AvgIpc) is 2.53. The Balaban J connectivity index is 0.00000192. The predicted molar refractivity (Wildman–Crippen MR) is 90.8 cm³/mol. The molecule has 0 atom stereocenters. The van der Waals surface area contributed by atoms with E-state index >= 15 is 0 Å². The number of amides is 1. The molecule has 128 valence electrons. The number of hydrogen-bond acceptors (Lipinski definition) is 5. The number of sulfonamides is 1. The van der Waals surface area contributed by atoms with Crippen LogP contribution in [0.3, 0.4) is 0 Å². The Kier molecular flexibility index (Phi) is 5.49. The fourth-order valence-corrected chi connectivity index (χ4v) is 3.91. The van der Waals surface area contributed by atoms with Gasteiger partial charge in [0.1, 0.15) is 0 Å². The maximum atomic E-state index is 12.7. The number of nitrogens with two attached hydrogens (primary N) is 1. The summed E-state index contributed by atoms with van der Waals surface area (Å²) in [5, 5.41) is 0. The van der Waals surface area contributed by atoms with Crippen molar-refractivity contribution in [1.82, 2.24) is 9.80 Å². The Labute approximate surface area is 142 Å². The minimum atomic E-state index is -3.48. The van der Waals surface area contributed by atoms with Gasteiger partial charge in [-0.05, 0) is 37.5 Å². The van der Waals surface area contributed by atoms with Crippen molar-refractivity contribution >= 4 is 34.2 Å². The lowest BCUT2D eigenvalue weighted by molar-refractivity contribution is -0.127. The third-order valence-electron chi connectivity index (χ3n) is 4.32. The normalized spacial score (nSPS) is 23.5. The number of piperidine rings is 1. The zero-order valence-corrected chi connectivity index (χ0v) is 14.4. The van der Waals surface area contributed by atoms with Gasteiger partial charge >= 0.3 is 0 Å². The second-order valence-electron chi connectivity index (χ2n) is 5.79. The van der Waals surface area contributed by atoms with Crippen LogP contribution in [0.5, 0.6) is 0 Å². The first-order valence-electron chi connectivity index (χ1n) is 7.47. The third kappa shape index (κ3) is 3.76. The molecule has 1 fully saturated rings. The Hall–Kier alpha value is -1.38. The van der Waals surface area contributed by atoms with Gasteiger partial charge in [0, 0.05) is 25.8 Å². The highest BCUT2D eigenvalue weighted by Gasteiger charge is 2.33. The molecule has 1 amide bonds. The van der Waals surface area contributed by atoms with Crippen molar-refractivity contribution in [1.29, 1.82) is 0 Å². The maximum absolute atomic E-state index is 12.7. The highest BCUT2D eigenvalue weighted by atomic mass is 35.5. The van der Waals surface area contributed by atoms with Gasteiger partial charge in [0.2, 0.25) is 0 Å². The monoisotopic (exact) mass is 360 g/mol. The van der Waals surface area contributed by atoms with Crippen molar-refractivity contribution in [2.75, 3.05) is 31.9 Å². The Bertz CT molecular complexity index is 664. The highest BCUT2D eigenvalue weighted by Crippen LogP contribution is 2.22. The average molecular weight is 361 g/mol. The molecule has 7 nitrogen and oxygen atoms in total. The molecule has 3 rings (SSSR count). The molecule has 0 radical (unpaired) electrons. The van der Waals surface area contributed by atoms with Crippen molar-refractivity contribution in [2.45, 2.75) is 12.8 Å². The summed E-state index contributed by atoms with van der Waals surface area (Å²) < 4.78 is 27.2. The fourth-order valence-electron chi connectivity index (χ4n) is 2.93. The number of halogens is 1. The van der Waals surface area contributed by atoms with Crippen LogP contribution in [0.2, 0.25) is 0 Å². The van der Waals surface area contributed by atoms with Gasteiger partial charge < -0.3 is 15.5 Å². The molecule has 0 aromatic rings. The van der Waals surface area contributed by atoms with E-state index in [9.17, 15) is 13.2 Å². The third-order valence-corrected chi connectivity index (χ3v) is 5.47. The minimum absolute atomic E-state index is 0. The molecule has 0 spiro atoms. The van der Waals surface area contributed by atoms with Crippen molar-refractivity contribution in [3.05, 3.63) is 23.9 Å². The molecular formula is C14H21ClN4O3S. The van der Waals surface area contributed by atoms with E-state index in [-0.39, 0.29) is 29.9 Å². The largest absolute Gasteiger partial charge is 0.339 e. The molecule has 3 aliphatic rings. The van der Waals surface area contributed by atoms with Crippen molar-refractivity contribution in [3.8, 4) is 0 Å². The lowest BCUT2D eigenvalue weighted by Crippen LogP contribution is -2.46. The summed E-state index contributed by atoms with van der Waals surface area (Å²) in [6, 6.07) is 0. The molecular weight excluding hydrogens is 340 g/mol. The summed E-state index contributed by atoms with van der Waals surface area (Å²) in [7, 11) is -3.48. The fraction of sp³-hybridized carbons (Fsp3) is 0.571. The van der Waals surface area contributed by atoms with Crippen LogP contribution in [-0.2, 0) is 14.8 Å². The summed E-state index contributed by atoms with van der Waals surface area (Å²) >= 11 is 0. The number of likely N-dealkylation sites (tertiary alicyclic amines) is 1. The van der Waals surface area contributed by atoms with E-state index in [1.807, 2.05) is 0 Å². The zero-order valence-electron chi connectivity index (χ0n) is 12.7. The number of allylic oxidation sites excluding steroid dienone is 2. The first kappa shape index (κ1) is 18.0. The molecule has 0 bridgehead atoms. The van der Waals surface area contributed by atoms with Crippen molar-refractivity contribution < 1.29 is 13.2 Å². The standard InChI is InChI=1S/C14H20N4O3S.ClH/c15-10-11-3-6-18(7-4-11)14(19)12-2-1-5-17-8-9-22(20,21)16-13(12)17;/h1-2,5,11H,3-4,6-10,15H2;1H. The maximum Gasteiger partial charge on any atom is 0.257 e. The number of carbonyl (C=O) groups is 1. The van der Waals surface area contributed by atoms with Crippen LogP contribution in [-0.4, -0.2) is 61.9 Å². The minimum Gasteiger partial charge on any atom is -0.339 e. The quantitative estimate of drug-likeness (QED) is 0.753. The second kappa shape index (κ2) is 7.02. The van der Waals surface area contributed by atoms with Crippen LogP contribution in [0.25, 0.3) is 0 Å². The molecule has 0 saturated carbocycles. The predicted octanol–water partition coefficient (Wildman–Crippen LogP) is 0.103. The van der Waals surface area contributed by atoms with Gasteiger partial charge in [-0.15, -0.1) is 16.8 Å². The van der Waals surface area contributed by atoms with Gasteiger partial charge in [-0.1, -0.05) is 0 Å². The lowest BCUT2D eigenvalue weighted by atomic mass is 9.96. The highest BCUT2D eigenvalue weighted by molar-refractivity contribution is 7.90.